The van der Waals surface area contributed by atoms with Crippen LogP contribution >= 0.6 is 0 Å². The van der Waals surface area contributed by atoms with E-state index in [0.29, 0.717) is 5.82 Å². The van der Waals surface area contributed by atoms with Crippen LogP contribution < -0.4 is 16.2 Å². The molecule has 2 amide bonds. The summed E-state index contributed by atoms with van der Waals surface area (Å²) in [5.74, 6) is -1.26. The van der Waals surface area contributed by atoms with E-state index in [1.807, 2.05) is 13.8 Å². The van der Waals surface area contributed by atoms with Crippen LogP contribution in [0.2, 0.25) is 0 Å². The van der Waals surface area contributed by atoms with Crippen molar-refractivity contribution in [1.82, 2.24) is 24.5 Å². The molecule has 0 spiro atoms. The highest BCUT2D eigenvalue weighted by Crippen LogP contribution is 2.24. The molecule has 3 aromatic rings. The van der Waals surface area contributed by atoms with Crippen molar-refractivity contribution in [3.8, 4) is 5.88 Å². The molecule has 3 aromatic heterocycles. The Kier molecular flexibility index (Phi) is 4.98. The van der Waals surface area contributed by atoms with E-state index in [2.05, 4.69) is 20.7 Å². The van der Waals surface area contributed by atoms with Crippen LogP contribution in [0.25, 0.3) is 5.65 Å². The highest BCUT2D eigenvalue weighted by molar-refractivity contribution is 6.08. The highest BCUT2D eigenvalue weighted by atomic mass is 16.3. The number of pyridine rings is 1. The summed E-state index contributed by atoms with van der Waals surface area (Å²) < 4.78 is 2.37. The largest absolute Gasteiger partial charge is 0.494 e. The van der Waals surface area contributed by atoms with Gasteiger partial charge >= 0.3 is 0 Å². The van der Waals surface area contributed by atoms with Gasteiger partial charge in [-0.25, -0.2) is 4.98 Å². The third-order valence-corrected chi connectivity index (χ3v) is 4.72. The van der Waals surface area contributed by atoms with Crippen LogP contribution in [-0.4, -0.2) is 42.1 Å². The quantitative estimate of drug-likeness (QED) is 0.563. The van der Waals surface area contributed by atoms with Crippen molar-refractivity contribution in [2.24, 2.45) is 5.92 Å². The van der Waals surface area contributed by atoms with Gasteiger partial charge in [0.1, 0.15) is 11.4 Å². The minimum Gasteiger partial charge on any atom is -0.494 e. The van der Waals surface area contributed by atoms with Crippen molar-refractivity contribution in [3.63, 3.8) is 0 Å². The minimum absolute atomic E-state index is 0.0166. The van der Waals surface area contributed by atoms with E-state index >= 15 is 0 Å². The van der Waals surface area contributed by atoms with E-state index in [1.54, 1.807) is 18.2 Å². The first-order chi connectivity index (χ1) is 14.4. The van der Waals surface area contributed by atoms with E-state index in [9.17, 15) is 19.5 Å². The Hall–Kier alpha value is -3.69. The van der Waals surface area contributed by atoms with Gasteiger partial charge in [-0.15, -0.1) is 0 Å². The second kappa shape index (κ2) is 7.62. The third-order valence-electron chi connectivity index (χ3n) is 4.72. The van der Waals surface area contributed by atoms with Crippen LogP contribution in [-0.2, 0) is 6.54 Å². The standard InChI is InChI=1S/C20H22N6O4/c1-11(2)10-25-18-13(16(27)24-14-5-3-4-8-21-14)9-22-26(18)20(30)15(19(25)29)17(28)23-12-6-7-12/h3-5,8-9,11-12,29H,6-7,10H2,1-2H3,(H,23,28)(H,21,24,27). The number of nitrogens with one attached hydrogen (secondary N) is 2. The lowest BCUT2D eigenvalue weighted by Gasteiger charge is -2.17. The predicted octanol–water partition coefficient (Wildman–Crippen LogP) is 1.40. The third kappa shape index (κ3) is 3.63. The number of aromatic nitrogens is 4. The summed E-state index contributed by atoms with van der Waals surface area (Å²) in [5, 5.41) is 20.3. The second-order valence-electron chi connectivity index (χ2n) is 7.72. The Morgan fingerprint density at radius 2 is 2.03 bits per heavy atom. The van der Waals surface area contributed by atoms with Crippen LogP contribution in [0, 0.1) is 5.92 Å². The predicted molar refractivity (Wildman–Crippen MR) is 109 cm³/mol. The number of amides is 2. The van der Waals surface area contributed by atoms with Gasteiger partial charge in [-0.3, -0.25) is 19.0 Å². The molecule has 0 aliphatic heterocycles. The van der Waals surface area contributed by atoms with Gasteiger partial charge in [0.2, 0.25) is 5.88 Å². The zero-order valence-corrected chi connectivity index (χ0v) is 16.6. The van der Waals surface area contributed by atoms with Crippen molar-refractivity contribution in [3.05, 3.63) is 52.1 Å². The molecule has 1 aliphatic carbocycles. The van der Waals surface area contributed by atoms with Crippen molar-refractivity contribution >= 4 is 23.3 Å². The summed E-state index contributed by atoms with van der Waals surface area (Å²) in [5.41, 5.74) is -0.960. The van der Waals surface area contributed by atoms with Crippen LogP contribution in [0.5, 0.6) is 5.88 Å². The first kappa shape index (κ1) is 19.6. The zero-order valence-electron chi connectivity index (χ0n) is 16.6. The Labute approximate surface area is 171 Å². The maximum Gasteiger partial charge on any atom is 0.291 e. The summed E-state index contributed by atoms with van der Waals surface area (Å²) >= 11 is 0. The second-order valence-corrected chi connectivity index (χ2v) is 7.72. The molecule has 1 fully saturated rings. The van der Waals surface area contributed by atoms with Crippen LogP contribution in [0.1, 0.15) is 47.4 Å². The number of anilines is 1. The highest BCUT2D eigenvalue weighted by Gasteiger charge is 2.30. The monoisotopic (exact) mass is 410 g/mol. The normalized spacial score (nSPS) is 13.6. The lowest BCUT2D eigenvalue weighted by atomic mass is 10.2. The van der Waals surface area contributed by atoms with Crippen molar-refractivity contribution in [1.29, 1.82) is 0 Å². The average Bonchev–Trinajstić information content (AvgIpc) is 3.39. The summed E-state index contributed by atoms with van der Waals surface area (Å²) in [6.07, 6.45) is 4.47. The number of aromatic hydroxyl groups is 1. The molecule has 1 aliphatic rings. The topological polar surface area (TPSA) is 131 Å². The molecule has 0 bridgehead atoms. The minimum atomic E-state index is -0.780. The van der Waals surface area contributed by atoms with Gasteiger partial charge in [0, 0.05) is 18.8 Å². The molecule has 3 heterocycles. The van der Waals surface area contributed by atoms with E-state index in [1.165, 1.54) is 17.0 Å². The SMILES string of the molecule is CC(C)Cn1c(O)c(C(=O)NC2CC2)c(=O)n2ncc(C(=O)Nc3ccccn3)c12. The first-order valence-corrected chi connectivity index (χ1v) is 9.73. The fourth-order valence-electron chi connectivity index (χ4n) is 3.19. The number of nitrogens with zero attached hydrogens (tertiary/aromatic N) is 4. The molecule has 30 heavy (non-hydrogen) atoms. The van der Waals surface area contributed by atoms with Crippen LogP contribution in [0.3, 0.4) is 0 Å². The zero-order chi connectivity index (χ0) is 21.4. The molecule has 0 saturated heterocycles. The molecule has 0 aromatic carbocycles. The van der Waals surface area contributed by atoms with E-state index in [-0.39, 0.29) is 35.3 Å². The van der Waals surface area contributed by atoms with E-state index in [4.69, 9.17) is 0 Å². The molecule has 0 atom stereocenters. The van der Waals surface area contributed by atoms with Gasteiger partial charge in [-0.1, -0.05) is 19.9 Å². The Morgan fingerprint density at radius 1 is 1.27 bits per heavy atom. The summed E-state index contributed by atoms with van der Waals surface area (Å²) in [7, 11) is 0. The molecular weight excluding hydrogens is 388 g/mol. The van der Waals surface area contributed by atoms with Gasteiger partial charge in [0.15, 0.2) is 11.2 Å². The summed E-state index contributed by atoms with van der Waals surface area (Å²) in [6, 6.07) is 5.09. The number of hydrogen-bond donors (Lipinski definition) is 3. The number of hydrogen-bond acceptors (Lipinski definition) is 6. The molecule has 10 heteroatoms. The van der Waals surface area contributed by atoms with E-state index in [0.717, 1.165) is 17.4 Å². The van der Waals surface area contributed by atoms with E-state index < -0.39 is 23.3 Å². The van der Waals surface area contributed by atoms with Gasteiger partial charge in [-0.2, -0.15) is 9.61 Å². The van der Waals surface area contributed by atoms with Crippen molar-refractivity contribution < 1.29 is 14.7 Å². The number of carbonyl (C=O) groups is 2. The van der Waals surface area contributed by atoms with Gasteiger partial charge in [0.25, 0.3) is 17.4 Å². The van der Waals surface area contributed by atoms with Crippen molar-refractivity contribution in [2.45, 2.75) is 39.3 Å². The van der Waals surface area contributed by atoms with Gasteiger partial charge < -0.3 is 15.7 Å². The Bertz CT molecular complexity index is 1180. The molecule has 3 N–H and O–H groups in total. The summed E-state index contributed by atoms with van der Waals surface area (Å²) in [6.45, 7) is 4.11. The van der Waals surface area contributed by atoms with Gasteiger partial charge in [-0.05, 0) is 30.9 Å². The lowest BCUT2D eigenvalue weighted by molar-refractivity contribution is 0.0944. The molecule has 156 valence electrons. The van der Waals surface area contributed by atoms with Crippen LogP contribution in [0.15, 0.2) is 35.4 Å². The Morgan fingerprint density at radius 3 is 2.67 bits per heavy atom. The first-order valence-electron chi connectivity index (χ1n) is 9.73. The molecule has 0 radical (unpaired) electrons. The molecular formula is C20H22N6O4. The fourth-order valence-corrected chi connectivity index (χ4v) is 3.19. The van der Waals surface area contributed by atoms with Crippen molar-refractivity contribution in [2.75, 3.05) is 5.32 Å². The number of rotatable bonds is 6. The smallest absolute Gasteiger partial charge is 0.291 e. The fraction of sp³-hybridized carbons (Fsp3) is 0.350. The maximum atomic E-state index is 12.9. The summed E-state index contributed by atoms with van der Waals surface area (Å²) in [4.78, 5) is 42.4. The molecule has 10 nitrogen and oxygen atoms in total. The Balaban J connectivity index is 1.84. The lowest BCUT2D eigenvalue weighted by Crippen LogP contribution is -2.35. The van der Waals surface area contributed by atoms with Gasteiger partial charge in [0.05, 0.1) is 6.20 Å². The number of carbonyl (C=O) groups excluding carboxylic acids is 2. The molecule has 4 rings (SSSR count). The van der Waals surface area contributed by atoms with Crippen LogP contribution in [0.4, 0.5) is 5.82 Å². The number of fused-ring (bicyclic) bond motifs is 1. The molecule has 0 unspecified atom stereocenters. The molecule has 1 saturated carbocycles. The average molecular weight is 410 g/mol. The maximum absolute atomic E-state index is 12.9.